The average Bonchev–Trinajstić information content (AvgIpc) is 3.21. The van der Waals surface area contributed by atoms with Gasteiger partial charge in [-0.25, -0.2) is 4.98 Å². The van der Waals surface area contributed by atoms with Gasteiger partial charge in [0.1, 0.15) is 5.01 Å². The highest BCUT2D eigenvalue weighted by atomic mass is 127. The Bertz CT molecular complexity index is 444. The Balaban J connectivity index is 0.00000220. The summed E-state index contributed by atoms with van der Waals surface area (Å²) in [6.07, 6.45) is 4.64. The van der Waals surface area contributed by atoms with Crippen molar-refractivity contribution in [2.75, 3.05) is 26.7 Å². The Hall–Kier alpha value is -0.410. The molecule has 1 fully saturated rings. The van der Waals surface area contributed by atoms with Crippen molar-refractivity contribution in [3.63, 3.8) is 0 Å². The molecule has 1 aliphatic rings. The molecule has 120 valence electrons. The van der Waals surface area contributed by atoms with Gasteiger partial charge in [0.15, 0.2) is 5.96 Å². The van der Waals surface area contributed by atoms with Crippen LogP contribution in [-0.2, 0) is 6.54 Å². The third-order valence-corrected chi connectivity index (χ3v) is 4.37. The lowest BCUT2D eigenvalue weighted by molar-refractivity contribution is 0.282. The van der Waals surface area contributed by atoms with Crippen LogP contribution in [0.3, 0.4) is 0 Å². The van der Waals surface area contributed by atoms with E-state index >= 15 is 0 Å². The van der Waals surface area contributed by atoms with Crippen LogP contribution in [0, 0.1) is 6.92 Å². The van der Waals surface area contributed by atoms with Crippen molar-refractivity contribution in [2.24, 2.45) is 4.99 Å². The zero-order chi connectivity index (χ0) is 14.4. The first-order valence-corrected chi connectivity index (χ1v) is 8.14. The fraction of sp³-hybridized carbons (Fsp3) is 0.714. The van der Waals surface area contributed by atoms with Gasteiger partial charge in [-0.15, -0.1) is 35.3 Å². The van der Waals surface area contributed by atoms with Crippen molar-refractivity contribution < 1.29 is 0 Å². The van der Waals surface area contributed by atoms with Gasteiger partial charge in [-0.05, 0) is 26.3 Å². The zero-order valence-electron chi connectivity index (χ0n) is 13.1. The highest BCUT2D eigenvalue weighted by Crippen LogP contribution is 2.25. The number of aromatic nitrogens is 1. The van der Waals surface area contributed by atoms with Crippen LogP contribution >= 0.6 is 35.3 Å². The van der Waals surface area contributed by atoms with E-state index in [4.69, 9.17) is 0 Å². The maximum Gasteiger partial charge on any atom is 0.191 e. The lowest BCUT2D eigenvalue weighted by Crippen LogP contribution is -2.41. The number of nitrogens with one attached hydrogen (secondary N) is 2. The maximum absolute atomic E-state index is 4.34. The molecule has 1 aliphatic carbocycles. The van der Waals surface area contributed by atoms with Crippen LogP contribution in [0.1, 0.15) is 29.7 Å². The van der Waals surface area contributed by atoms with E-state index in [9.17, 15) is 0 Å². The minimum atomic E-state index is 0. The number of halogens is 1. The van der Waals surface area contributed by atoms with Gasteiger partial charge >= 0.3 is 0 Å². The summed E-state index contributed by atoms with van der Waals surface area (Å²) >= 11 is 1.72. The number of aliphatic imine (C=N–C) groups is 1. The van der Waals surface area contributed by atoms with Crippen LogP contribution in [-0.4, -0.2) is 48.6 Å². The monoisotopic (exact) mass is 423 g/mol. The summed E-state index contributed by atoms with van der Waals surface area (Å²) in [7, 11) is 1.81. The van der Waals surface area contributed by atoms with E-state index in [1.54, 1.807) is 18.4 Å². The number of rotatable bonds is 7. The van der Waals surface area contributed by atoms with Gasteiger partial charge in [-0.2, -0.15) is 0 Å². The van der Waals surface area contributed by atoms with Crippen molar-refractivity contribution >= 4 is 41.3 Å². The topological polar surface area (TPSA) is 52.5 Å². The minimum Gasteiger partial charge on any atom is -0.355 e. The first-order chi connectivity index (χ1) is 9.72. The van der Waals surface area contributed by atoms with Gasteiger partial charge in [0.2, 0.25) is 0 Å². The Morgan fingerprint density at radius 1 is 1.48 bits per heavy atom. The number of nitrogens with zero attached hydrogens (tertiary/aromatic N) is 3. The van der Waals surface area contributed by atoms with Gasteiger partial charge in [-0.3, -0.25) is 9.89 Å². The molecule has 7 heteroatoms. The van der Waals surface area contributed by atoms with E-state index < -0.39 is 0 Å². The lowest BCUT2D eigenvalue weighted by Gasteiger charge is -2.20. The third-order valence-electron chi connectivity index (χ3n) is 3.46. The van der Waals surface area contributed by atoms with Crippen molar-refractivity contribution in [1.82, 2.24) is 20.5 Å². The van der Waals surface area contributed by atoms with E-state index in [0.717, 1.165) is 43.2 Å². The molecule has 1 aromatic heterocycles. The minimum absolute atomic E-state index is 0. The number of aryl methyl sites for hydroxylation is 1. The molecular weight excluding hydrogens is 397 g/mol. The van der Waals surface area contributed by atoms with Crippen molar-refractivity contribution in [3.05, 3.63) is 16.1 Å². The molecule has 0 spiro atoms. The molecule has 0 atom stereocenters. The number of thiazole rings is 1. The van der Waals surface area contributed by atoms with Gasteiger partial charge in [0, 0.05) is 37.3 Å². The molecule has 1 saturated carbocycles. The second-order valence-corrected chi connectivity index (χ2v) is 6.40. The summed E-state index contributed by atoms with van der Waals surface area (Å²) in [6.45, 7) is 8.19. The SMILES string of the molecule is CCN(CCNC(=NC)NCc1ncc(C)s1)C1CC1.I. The predicted molar refractivity (Wildman–Crippen MR) is 101 cm³/mol. The molecule has 2 rings (SSSR count). The zero-order valence-corrected chi connectivity index (χ0v) is 16.2. The maximum atomic E-state index is 4.34. The van der Waals surface area contributed by atoms with Gasteiger partial charge in [-0.1, -0.05) is 6.92 Å². The van der Waals surface area contributed by atoms with E-state index in [1.807, 2.05) is 6.20 Å². The molecule has 0 bridgehead atoms. The summed E-state index contributed by atoms with van der Waals surface area (Å²) in [6, 6.07) is 0.829. The largest absolute Gasteiger partial charge is 0.355 e. The highest BCUT2D eigenvalue weighted by molar-refractivity contribution is 14.0. The summed E-state index contributed by atoms with van der Waals surface area (Å²) in [5.74, 6) is 0.852. The van der Waals surface area contributed by atoms with Crippen LogP contribution < -0.4 is 10.6 Å². The standard InChI is InChI=1S/C14H25N5S.HI/c1-4-19(12-5-6-12)8-7-16-14(15-3)18-10-13-17-9-11(2)20-13;/h9,12H,4-8,10H2,1-3H3,(H2,15,16,18);1H. The molecule has 0 saturated heterocycles. The second kappa shape index (κ2) is 9.58. The number of guanidine groups is 1. The van der Waals surface area contributed by atoms with Crippen LogP contribution in [0.15, 0.2) is 11.2 Å². The van der Waals surface area contributed by atoms with E-state index in [0.29, 0.717) is 0 Å². The smallest absolute Gasteiger partial charge is 0.191 e. The predicted octanol–water partition coefficient (Wildman–Crippen LogP) is 2.22. The van der Waals surface area contributed by atoms with E-state index in [1.165, 1.54) is 17.7 Å². The van der Waals surface area contributed by atoms with Gasteiger partial charge < -0.3 is 10.6 Å². The molecule has 0 unspecified atom stereocenters. The van der Waals surface area contributed by atoms with Crippen LogP contribution in [0.2, 0.25) is 0 Å². The number of hydrogen-bond acceptors (Lipinski definition) is 4. The first kappa shape index (κ1) is 18.6. The Labute approximate surface area is 148 Å². The Kier molecular flexibility index (Phi) is 8.50. The molecule has 0 amide bonds. The Morgan fingerprint density at radius 3 is 2.76 bits per heavy atom. The van der Waals surface area contributed by atoms with Crippen LogP contribution in [0.25, 0.3) is 0 Å². The second-order valence-electron chi connectivity index (χ2n) is 5.08. The highest BCUT2D eigenvalue weighted by Gasteiger charge is 2.27. The molecule has 0 aromatic carbocycles. The van der Waals surface area contributed by atoms with Crippen molar-refractivity contribution in [2.45, 2.75) is 39.3 Å². The van der Waals surface area contributed by atoms with Crippen molar-refractivity contribution in [3.8, 4) is 0 Å². The Morgan fingerprint density at radius 2 is 2.24 bits per heavy atom. The fourth-order valence-corrected chi connectivity index (χ4v) is 2.95. The summed E-state index contributed by atoms with van der Waals surface area (Å²) in [4.78, 5) is 12.4. The number of likely N-dealkylation sites (N-methyl/N-ethyl adjacent to an activating group) is 1. The molecule has 5 nitrogen and oxygen atoms in total. The molecule has 0 radical (unpaired) electrons. The molecule has 1 aromatic rings. The normalized spacial score (nSPS) is 15.0. The lowest BCUT2D eigenvalue weighted by atomic mass is 10.4. The summed E-state index contributed by atoms with van der Waals surface area (Å²) < 4.78 is 0. The summed E-state index contributed by atoms with van der Waals surface area (Å²) in [5.41, 5.74) is 0. The molecule has 21 heavy (non-hydrogen) atoms. The summed E-state index contributed by atoms with van der Waals surface area (Å²) in [5, 5.41) is 7.77. The quantitative estimate of drug-likeness (QED) is 0.401. The van der Waals surface area contributed by atoms with Crippen molar-refractivity contribution in [1.29, 1.82) is 0 Å². The van der Waals surface area contributed by atoms with Crippen LogP contribution in [0.5, 0.6) is 0 Å². The first-order valence-electron chi connectivity index (χ1n) is 7.32. The molecule has 2 N–H and O–H groups in total. The third kappa shape index (κ3) is 6.48. The van der Waals surface area contributed by atoms with E-state index in [2.05, 4.69) is 39.4 Å². The van der Waals surface area contributed by atoms with Gasteiger partial charge in [0.25, 0.3) is 0 Å². The number of hydrogen-bond donors (Lipinski definition) is 2. The molecular formula is C14H26IN5S. The van der Waals surface area contributed by atoms with E-state index in [-0.39, 0.29) is 24.0 Å². The van der Waals surface area contributed by atoms with Crippen LogP contribution in [0.4, 0.5) is 0 Å². The molecule has 1 heterocycles. The van der Waals surface area contributed by atoms with Gasteiger partial charge in [0.05, 0.1) is 6.54 Å². The average molecular weight is 423 g/mol. The fourth-order valence-electron chi connectivity index (χ4n) is 2.22. The molecule has 0 aliphatic heterocycles.